The molecule has 0 spiro atoms. The molecule has 15 heavy (non-hydrogen) atoms. The summed E-state index contributed by atoms with van der Waals surface area (Å²) in [6.45, 7) is 4.72. The molecule has 0 saturated carbocycles. The van der Waals surface area contributed by atoms with Gasteiger partial charge in [0.05, 0.1) is 0 Å². The smallest absolute Gasteiger partial charge is 0.220 e. The van der Waals surface area contributed by atoms with E-state index in [4.69, 9.17) is 5.73 Å². The summed E-state index contributed by atoms with van der Waals surface area (Å²) >= 11 is 0. The molecule has 3 nitrogen and oxygen atoms in total. The van der Waals surface area contributed by atoms with Crippen molar-refractivity contribution >= 4 is 5.91 Å². The fourth-order valence-electron chi connectivity index (χ4n) is 1.64. The zero-order valence-corrected chi connectivity index (χ0v) is 9.70. The van der Waals surface area contributed by atoms with Crippen LogP contribution in [0.4, 0.5) is 0 Å². The summed E-state index contributed by atoms with van der Waals surface area (Å²) in [4.78, 5) is 11.5. The van der Waals surface area contributed by atoms with E-state index in [9.17, 15) is 4.79 Å². The Labute approximate surface area is 92.1 Å². The Balaban J connectivity index is 2.15. The van der Waals surface area contributed by atoms with Crippen LogP contribution < -0.4 is 11.1 Å². The predicted octanol–water partition coefficient (Wildman–Crippen LogP) is 1.44. The summed E-state index contributed by atoms with van der Waals surface area (Å²) in [5, 5.41) is 2.89. The minimum absolute atomic E-state index is 0.0630. The number of rotatable bonds is 5. The Morgan fingerprint density at radius 1 is 1.60 bits per heavy atom. The van der Waals surface area contributed by atoms with E-state index in [-0.39, 0.29) is 11.9 Å². The lowest BCUT2D eigenvalue weighted by atomic mass is 10.0. The lowest BCUT2D eigenvalue weighted by Gasteiger charge is -2.16. The molecule has 0 saturated heterocycles. The van der Waals surface area contributed by atoms with E-state index in [1.54, 1.807) is 0 Å². The highest BCUT2D eigenvalue weighted by molar-refractivity contribution is 5.76. The highest BCUT2D eigenvalue weighted by atomic mass is 16.1. The van der Waals surface area contributed by atoms with Crippen molar-refractivity contribution in [2.24, 2.45) is 17.6 Å². The second-order valence-electron chi connectivity index (χ2n) is 4.68. The first kappa shape index (κ1) is 12.2. The van der Waals surface area contributed by atoms with Crippen molar-refractivity contribution in [3.8, 4) is 0 Å². The van der Waals surface area contributed by atoms with Gasteiger partial charge < -0.3 is 11.1 Å². The maximum Gasteiger partial charge on any atom is 0.220 e. The quantitative estimate of drug-likeness (QED) is 0.675. The molecule has 0 bridgehead atoms. The number of hydrogen-bond donors (Lipinski definition) is 2. The van der Waals surface area contributed by atoms with E-state index in [2.05, 4.69) is 31.3 Å². The highest BCUT2D eigenvalue weighted by Gasteiger charge is 2.15. The van der Waals surface area contributed by atoms with E-state index in [0.717, 1.165) is 12.8 Å². The van der Waals surface area contributed by atoms with Crippen molar-refractivity contribution in [1.29, 1.82) is 0 Å². The maximum absolute atomic E-state index is 11.5. The molecule has 0 heterocycles. The van der Waals surface area contributed by atoms with Gasteiger partial charge in [-0.25, -0.2) is 0 Å². The highest BCUT2D eigenvalue weighted by Crippen LogP contribution is 2.19. The molecule has 2 unspecified atom stereocenters. The zero-order valence-electron chi connectivity index (χ0n) is 9.70. The third-order valence-electron chi connectivity index (χ3n) is 2.95. The summed E-state index contributed by atoms with van der Waals surface area (Å²) in [5.74, 6) is 0.986. The van der Waals surface area contributed by atoms with Crippen LogP contribution in [0.3, 0.4) is 0 Å². The monoisotopic (exact) mass is 210 g/mol. The standard InChI is InChI=1S/C12H22N2O/c1-9(2)11(13)8-14-12(15)7-10-5-3-4-6-10/h3,5,9-11H,4,6-8,13H2,1-2H3,(H,14,15). The van der Waals surface area contributed by atoms with E-state index >= 15 is 0 Å². The van der Waals surface area contributed by atoms with Gasteiger partial charge in [0.15, 0.2) is 0 Å². The van der Waals surface area contributed by atoms with Crippen LogP contribution in [-0.2, 0) is 4.79 Å². The Bertz CT molecular complexity index is 236. The molecule has 86 valence electrons. The topological polar surface area (TPSA) is 55.1 Å². The number of hydrogen-bond acceptors (Lipinski definition) is 2. The minimum atomic E-state index is 0.0630. The van der Waals surface area contributed by atoms with Crippen LogP contribution >= 0.6 is 0 Å². The lowest BCUT2D eigenvalue weighted by Crippen LogP contribution is -2.40. The summed E-state index contributed by atoms with van der Waals surface area (Å²) in [6, 6.07) is 0.0630. The van der Waals surface area contributed by atoms with Gasteiger partial charge in [-0.2, -0.15) is 0 Å². The van der Waals surface area contributed by atoms with Crippen LogP contribution in [0.1, 0.15) is 33.1 Å². The molecule has 0 aliphatic heterocycles. The van der Waals surface area contributed by atoms with Crippen LogP contribution in [0, 0.1) is 11.8 Å². The molecule has 1 aliphatic rings. The Kier molecular flexibility index (Phi) is 4.82. The molecule has 0 fully saturated rings. The number of nitrogens with one attached hydrogen (secondary N) is 1. The zero-order chi connectivity index (χ0) is 11.3. The van der Waals surface area contributed by atoms with Gasteiger partial charge in [-0.05, 0) is 24.7 Å². The molecule has 3 heteroatoms. The molecular weight excluding hydrogens is 188 g/mol. The number of carbonyl (C=O) groups excluding carboxylic acids is 1. The summed E-state index contributed by atoms with van der Waals surface area (Å²) in [7, 11) is 0. The largest absolute Gasteiger partial charge is 0.355 e. The molecular formula is C12H22N2O. The fourth-order valence-corrected chi connectivity index (χ4v) is 1.64. The Hall–Kier alpha value is -0.830. The van der Waals surface area contributed by atoms with Gasteiger partial charge in [0.1, 0.15) is 0 Å². The first-order chi connectivity index (χ1) is 7.09. The fraction of sp³-hybridized carbons (Fsp3) is 0.750. The van der Waals surface area contributed by atoms with E-state index in [0.29, 0.717) is 24.8 Å². The van der Waals surface area contributed by atoms with Crippen LogP contribution in [0.5, 0.6) is 0 Å². The van der Waals surface area contributed by atoms with Crippen molar-refractivity contribution < 1.29 is 4.79 Å². The molecule has 3 N–H and O–H groups in total. The Morgan fingerprint density at radius 3 is 2.87 bits per heavy atom. The normalized spacial score (nSPS) is 22.0. The van der Waals surface area contributed by atoms with Gasteiger partial charge in [-0.3, -0.25) is 4.79 Å². The van der Waals surface area contributed by atoms with Crippen molar-refractivity contribution in [2.75, 3.05) is 6.54 Å². The number of amides is 1. The third-order valence-corrected chi connectivity index (χ3v) is 2.95. The van der Waals surface area contributed by atoms with Gasteiger partial charge in [0.25, 0.3) is 0 Å². The predicted molar refractivity (Wildman–Crippen MR) is 62.3 cm³/mol. The van der Waals surface area contributed by atoms with Crippen LogP contribution in [0.15, 0.2) is 12.2 Å². The average molecular weight is 210 g/mol. The van der Waals surface area contributed by atoms with Crippen LogP contribution in [0.2, 0.25) is 0 Å². The van der Waals surface area contributed by atoms with E-state index in [1.165, 1.54) is 0 Å². The van der Waals surface area contributed by atoms with Crippen molar-refractivity contribution in [3.63, 3.8) is 0 Å². The summed E-state index contributed by atoms with van der Waals surface area (Å²) in [5.41, 5.74) is 5.84. The number of nitrogens with two attached hydrogens (primary N) is 1. The van der Waals surface area contributed by atoms with Crippen LogP contribution in [0.25, 0.3) is 0 Å². The van der Waals surface area contributed by atoms with Crippen molar-refractivity contribution in [1.82, 2.24) is 5.32 Å². The van der Waals surface area contributed by atoms with Crippen LogP contribution in [-0.4, -0.2) is 18.5 Å². The Morgan fingerprint density at radius 2 is 2.33 bits per heavy atom. The first-order valence-corrected chi connectivity index (χ1v) is 5.78. The SMILES string of the molecule is CC(C)C(N)CNC(=O)CC1C=CCC1. The van der Waals surface area contributed by atoms with Gasteiger partial charge in [0.2, 0.25) is 5.91 Å². The van der Waals surface area contributed by atoms with Crippen molar-refractivity contribution in [2.45, 2.75) is 39.2 Å². The third kappa shape index (κ3) is 4.47. The minimum Gasteiger partial charge on any atom is -0.355 e. The maximum atomic E-state index is 11.5. The van der Waals surface area contributed by atoms with Crippen molar-refractivity contribution in [3.05, 3.63) is 12.2 Å². The molecule has 0 aromatic heterocycles. The average Bonchev–Trinajstić information content (AvgIpc) is 2.66. The van der Waals surface area contributed by atoms with Gasteiger partial charge in [-0.15, -0.1) is 0 Å². The first-order valence-electron chi connectivity index (χ1n) is 5.78. The summed E-state index contributed by atoms with van der Waals surface area (Å²) in [6.07, 6.45) is 7.13. The van der Waals surface area contributed by atoms with E-state index in [1.807, 2.05) is 0 Å². The number of carbonyl (C=O) groups is 1. The molecule has 0 radical (unpaired) electrons. The summed E-state index contributed by atoms with van der Waals surface area (Å²) < 4.78 is 0. The molecule has 0 aromatic carbocycles. The molecule has 2 atom stereocenters. The van der Waals surface area contributed by atoms with Gasteiger partial charge >= 0.3 is 0 Å². The van der Waals surface area contributed by atoms with E-state index < -0.39 is 0 Å². The molecule has 0 aromatic rings. The second kappa shape index (κ2) is 5.91. The molecule has 1 rings (SSSR count). The second-order valence-corrected chi connectivity index (χ2v) is 4.68. The van der Waals surface area contributed by atoms with Gasteiger partial charge in [0, 0.05) is 19.0 Å². The lowest BCUT2D eigenvalue weighted by molar-refractivity contribution is -0.121. The van der Waals surface area contributed by atoms with Gasteiger partial charge in [-0.1, -0.05) is 26.0 Å². The molecule has 1 amide bonds. The molecule has 1 aliphatic carbocycles. The number of allylic oxidation sites excluding steroid dienone is 2.